The second kappa shape index (κ2) is 7.75. The van der Waals surface area contributed by atoms with Crippen LogP contribution in [0.3, 0.4) is 0 Å². The fraction of sp³-hybridized carbons (Fsp3) is 0.591. The number of nitrogens with zero attached hydrogens (tertiary/aromatic N) is 4. The number of aromatic nitrogens is 2. The predicted octanol–water partition coefficient (Wildman–Crippen LogP) is 4.12. The SMILES string of the molecule is N#Cc1cc(Cl)c2ncn(C[C@H]3CCC[C@]4(C3)CN(C[C@@H]3CCCO3)C(=O)O4)c2c1. The molecule has 3 aliphatic rings. The number of fused-ring (bicyclic) bond motifs is 1. The highest BCUT2D eigenvalue weighted by molar-refractivity contribution is 6.35. The number of hydrogen-bond donors (Lipinski definition) is 0. The Kier molecular flexibility index (Phi) is 5.08. The molecule has 3 heterocycles. The first-order valence-electron chi connectivity index (χ1n) is 10.7. The Morgan fingerprint density at radius 1 is 1.30 bits per heavy atom. The summed E-state index contributed by atoms with van der Waals surface area (Å²) in [5.74, 6) is 0.371. The number of nitriles is 1. The van der Waals surface area contributed by atoms with Crippen molar-refractivity contribution < 1.29 is 14.3 Å². The standard InChI is InChI=1S/C22H25ClN4O3/c23-18-7-16(10-24)8-19-20(18)25-14-27(19)11-15-3-1-5-22(9-15)13-26(21(28)30-22)12-17-4-2-6-29-17/h7-8,14-15,17H,1-6,9,11-13H2/t15-,17-,22-/m0/s1. The Balaban J connectivity index is 1.30. The van der Waals surface area contributed by atoms with Crippen LogP contribution in [0.25, 0.3) is 11.0 Å². The summed E-state index contributed by atoms with van der Waals surface area (Å²) in [6, 6.07) is 5.65. The van der Waals surface area contributed by atoms with E-state index in [1.807, 2.05) is 11.0 Å². The van der Waals surface area contributed by atoms with E-state index in [4.69, 9.17) is 21.1 Å². The van der Waals surface area contributed by atoms with E-state index in [2.05, 4.69) is 15.6 Å². The molecule has 3 atom stereocenters. The minimum Gasteiger partial charge on any atom is -0.441 e. The van der Waals surface area contributed by atoms with Crippen molar-refractivity contribution in [2.24, 2.45) is 5.92 Å². The topological polar surface area (TPSA) is 80.4 Å². The van der Waals surface area contributed by atoms with Crippen molar-refractivity contribution in [3.63, 3.8) is 0 Å². The lowest BCUT2D eigenvalue weighted by molar-refractivity contribution is 0.00407. The molecular formula is C22H25ClN4O3. The van der Waals surface area contributed by atoms with Crippen molar-refractivity contribution in [3.8, 4) is 6.07 Å². The van der Waals surface area contributed by atoms with E-state index in [0.29, 0.717) is 29.6 Å². The van der Waals surface area contributed by atoms with E-state index >= 15 is 0 Å². The highest BCUT2D eigenvalue weighted by atomic mass is 35.5. The number of benzene rings is 1. The molecule has 2 aromatic rings. The molecule has 0 unspecified atom stereocenters. The molecule has 5 rings (SSSR count). The lowest BCUT2D eigenvalue weighted by atomic mass is 9.78. The number of ether oxygens (including phenoxy) is 2. The van der Waals surface area contributed by atoms with Crippen LogP contribution in [-0.4, -0.2) is 51.9 Å². The molecule has 1 aromatic heterocycles. The number of amides is 1. The maximum Gasteiger partial charge on any atom is 0.410 e. The Morgan fingerprint density at radius 3 is 3.00 bits per heavy atom. The maximum absolute atomic E-state index is 12.5. The Hall–Kier alpha value is -2.30. The molecule has 1 aromatic carbocycles. The van der Waals surface area contributed by atoms with E-state index in [1.165, 1.54) is 0 Å². The Morgan fingerprint density at radius 2 is 2.20 bits per heavy atom. The quantitative estimate of drug-likeness (QED) is 0.731. The molecule has 30 heavy (non-hydrogen) atoms. The summed E-state index contributed by atoms with van der Waals surface area (Å²) in [4.78, 5) is 18.8. The Bertz CT molecular complexity index is 1010. The minimum absolute atomic E-state index is 0.142. The van der Waals surface area contributed by atoms with Crippen LogP contribution in [0.2, 0.25) is 5.02 Å². The van der Waals surface area contributed by atoms with E-state index in [0.717, 1.165) is 62.7 Å². The van der Waals surface area contributed by atoms with Crippen LogP contribution in [0.1, 0.15) is 44.1 Å². The van der Waals surface area contributed by atoms with Crippen molar-refractivity contribution in [1.29, 1.82) is 5.26 Å². The second-order valence-corrected chi connectivity index (χ2v) is 9.27. The van der Waals surface area contributed by atoms with Gasteiger partial charge >= 0.3 is 6.09 Å². The first-order valence-corrected chi connectivity index (χ1v) is 11.1. The van der Waals surface area contributed by atoms with E-state index in [1.54, 1.807) is 12.4 Å². The molecule has 2 aliphatic heterocycles. The average molecular weight is 429 g/mol. The van der Waals surface area contributed by atoms with Crippen LogP contribution in [0.15, 0.2) is 18.5 Å². The molecule has 0 bridgehead atoms. The van der Waals surface area contributed by atoms with Crippen LogP contribution < -0.4 is 0 Å². The van der Waals surface area contributed by atoms with E-state index in [9.17, 15) is 10.1 Å². The van der Waals surface area contributed by atoms with Gasteiger partial charge in [-0.05, 0) is 56.6 Å². The van der Waals surface area contributed by atoms with Gasteiger partial charge in [0.25, 0.3) is 0 Å². The number of imidazole rings is 1. The fourth-order valence-electron chi connectivity index (χ4n) is 5.31. The molecule has 0 N–H and O–H groups in total. The van der Waals surface area contributed by atoms with Gasteiger partial charge in [0.15, 0.2) is 0 Å². The van der Waals surface area contributed by atoms with Crippen LogP contribution in [-0.2, 0) is 16.0 Å². The van der Waals surface area contributed by atoms with Crippen molar-refractivity contribution in [1.82, 2.24) is 14.5 Å². The van der Waals surface area contributed by atoms with Crippen molar-refractivity contribution in [3.05, 3.63) is 29.0 Å². The molecule has 158 valence electrons. The summed E-state index contributed by atoms with van der Waals surface area (Å²) in [6.45, 7) is 2.84. The van der Waals surface area contributed by atoms with Crippen LogP contribution in [0, 0.1) is 17.2 Å². The third-order valence-electron chi connectivity index (χ3n) is 6.66. The fourth-order valence-corrected chi connectivity index (χ4v) is 5.58. The minimum atomic E-state index is -0.398. The molecule has 8 heteroatoms. The van der Waals surface area contributed by atoms with Gasteiger partial charge in [0.2, 0.25) is 0 Å². The van der Waals surface area contributed by atoms with E-state index in [-0.39, 0.29) is 12.2 Å². The first-order chi connectivity index (χ1) is 14.5. The largest absolute Gasteiger partial charge is 0.441 e. The zero-order chi connectivity index (χ0) is 20.7. The zero-order valence-electron chi connectivity index (χ0n) is 16.8. The van der Waals surface area contributed by atoms with E-state index < -0.39 is 5.60 Å². The smallest absolute Gasteiger partial charge is 0.410 e. The highest BCUT2D eigenvalue weighted by Gasteiger charge is 2.48. The summed E-state index contributed by atoms with van der Waals surface area (Å²) in [5, 5.41) is 9.76. The van der Waals surface area contributed by atoms with Gasteiger partial charge in [-0.25, -0.2) is 9.78 Å². The zero-order valence-corrected chi connectivity index (χ0v) is 17.6. The number of hydrogen-bond acceptors (Lipinski definition) is 5. The summed E-state index contributed by atoms with van der Waals surface area (Å²) >= 11 is 6.30. The second-order valence-electron chi connectivity index (χ2n) is 8.86. The molecule has 0 radical (unpaired) electrons. The lowest BCUT2D eigenvalue weighted by Crippen LogP contribution is -2.41. The highest BCUT2D eigenvalue weighted by Crippen LogP contribution is 2.41. The average Bonchev–Trinajstić information content (AvgIpc) is 3.44. The maximum atomic E-state index is 12.5. The monoisotopic (exact) mass is 428 g/mol. The molecule has 1 aliphatic carbocycles. The third-order valence-corrected chi connectivity index (χ3v) is 6.95. The summed E-state index contributed by atoms with van der Waals surface area (Å²) < 4.78 is 13.7. The number of carbonyl (C=O) groups excluding carboxylic acids is 1. The third kappa shape index (κ3) is 3.63. The van der Waals surface area contributed by atoms with Gasteiger partial charge in [-0.1, -0.05) is 11.6 Å². The summed E-state index contributed by atoms with van der Waals surface area (Å²) in [6.07, 6.45) is 7.67. The molecular weight excluding hydrogens is 404 g/mol. The normalized spacial score (nSPS) is 28.9. The van der Waals surface area contributed by atoms with Crippen LogP contribution >= 0.6 is 11.6 Å². The van der Waals surface area contributed by atoms with Crippen molar-refractivity contribution >= 4 is 28.7 Å². The van der Waals surface area contributed by atoms with Gasteiger partial charge < -0.3 is 18.9 Å². The van der Waals surface area contributed by atoms with Crippen molar-refractivity contribution in [2.45, 2.75) is 56.8 Å². The molecule has 1 saturated carbocycles. The first kappa shape index (κ1) is 19.7. The molecule has 1 amide bonds. The molecule has 2 saturated heterocycles. The summed E-state index contributed by atoms with van der Waals surface area (Å²) in [5.41, 5.74) is 1.73. The molecule has 7 nitrogen and oxygen atoms in total. The van der Waals surface area contributed by atoms with Gasteiger partial charge in [-0.3, -0.25) is 0 Å². The molecule has 3 fully saturated rings. The van der Waals surface area contributed by atoms with Gasteiger partial charge in [0.05, 0.1) is 47.7 Å². The predicted molar refractivity (Wildman–Crippen MR) is 111 cm³/mol. The van der Waals surface area contributed by atoms with Gasteiger partial charge in [-0.15, -0.1) is 0 Å². The number of carbonyl (C=O) groups is 1. The van der Waals surface area contributed by atoms with Crippen LogP contribution in [0.4, 0.5) is 4.79 Å². The van der Waals surface area contributed by atoms with Gasteiger partial charge in [0.1, 0.15) is 11.1 Å². The number of rotatable bonds is 4. The van der Waals surface area contributed by atoms with Crippen LogP contribution in [0.5, 0.6) is 0 Å². The Labute approximate surface area is 180 Å². The van der Waals surface area contributed by atoms with Crippen molar-refractivity contribution in [2.75, 3.05) is 19.7 Å². The van der Waals surface area contributed by atoms with Gasteiger partial charge in [0, 0.05) is 13.2 Å². The lowest BCUT2D eigenvalue weighted by Gasteiger charge is -2.36. The summed E-state index contributed by atoms with van der Waals surface area (Å²) in [7, 11) is 0. The number of halogens is 1. The van der Waals surface area contributed by atoms with Gasteiger partial charge in [-0.2, -0.15) is 5.26 Å². The molecule has 1 spiro atoms.